The lowest BCUT2D eigenvalue weighted by atomic mass is 10.4. The smallest absolute Gasteiger partial charge is 0.252 e. The number of nitrogens with one attached hydrogen (secondary N) is 1. The maximum absolute atomic E-state index is 12.4. The van der Waals surface area contributed by atoms with E-state index >= 15 is 0 Å². The molecule has 0 aromatic carbocycles. The minimum atomic E-state index is -3.35. The highest BCUT2D eigenvalue weighted by Crippen LogP contribution is 2.24. The van der Waals surface area contributed by atoms with E-state index in [-0.39, 0.29) is 0 Å². The topological polar surface area (TPSA) is 52.7 Å². The summed E-state index contributed by atoms with van der Waals surface area (Å²) in [5, 5.41) is 3.29. The van der Waals surface area contributed by atoms with Crippen LogP contribution < -0.4 is 5.32 Å². The van der Waals surface area contributed by atoms with E-state index in [4.69, 9.17) is 0 Å². The number of rotatable bonds is 8. The maximum Gasteiger partial charge on any atom is 0.252 e. The molecule has 0 saturated carbocycles. The monoisotopic (exact) mass is 319 g/mol. The molecule has 5 nitrogen and oxygen atoms in total. The van der Waals surface area contributed by atoms with Gasteiger partial charge >= 0.3 is 0 Å². The summed E-state index contributed by atoms with van der Waals surface area (Å²) < 4.78 is 26.6. The molecule has 1 aromatic heterocycles. The predicted octanol–water partition coefficient (Wildman–Crippen LogP) is 1.43. The predicted molar refractivity (Wildman–Crippen MR) is 84.7 cm³/mol. The second kappa shape index (κ2) is 7.51. The molecule has 0 unspecified atom stereocenters. The molecule has 0 spiro atoms. The van der Waals surface area contributed by atoms with Gasteiger partial charge in [-0.15, -0.1) is 11.3 Å². The minimum Gasteiger partial charge on any atom is -0.310 e. The van der Waals surface area contributed by atoms with Crippen LogP contribution in [0.4, 0.5) is 0 Å². The van der Waals surface area contributed by atoms with Crippen LogP contribution >= 0.6 is 11.3 Å². The summed E-state index contributed by atoms with van der Waals surface area (Å²) in [5.41, 5.74) is 0. The first kappa shape index (κ1) is 17.6. The Kier molecular flexibility index (Phi) is 6.60. The highest BCUT2D eigenvalue weighted by atomic mass is 32.2. The third kappa shape index (κ3) is 5.14. The van der Waals surface area contributed by atoms with Crippen molar-refractivity contribution in [2.45, 2.75) is 30.6 Å². The molecule has 0 fully saturated rings. The molecule has 0 radical (unpaired) electrons. The number of hydrogen-bond acceptors (Lipinski definition) is 5. The van der Waals surface area contributed by atoms with E-state index in [0.717, 1.165) is 4.88 Å². The summed E-state index contributed by atoms with van der Waals surface area (Å²) in [4.78, 5) is 3.01. The van der Waals surface area contributed by atoms with Gasteiger partial charge in [0.15, 0.2) is 0 Å². The molecule has 116 valence electrons. The molecule has 1 N–H and O–H groups in total. The van der Waals surface area contributed by atoms with Crippen molar-refractivity contribution in [3.05, 3.63) is 17.0 Å². The molecular weight excluding hydrogens is 294 g/mol. The summed E-state index contributed by atoms with van der Waals surface area (Å²) in [7, 11) is 2.14. The Bertz CT molecular complexity index is 509. The van der Waals surface area contributed by atoms with Crippen LogP contribution in [0, 0.1) is 0 Å². The van der Waals surface area contributed by atoms with Gasteiger partial charge < -0.3 is 10.2 Å². The molecule has 0 aliphatic rings. The molecule has 1 rings (SSSR count). The number of hydrogen-bond donors (Lipinski definition) is 1. The molecule has 0 atom stereocenters. The number of likely N-dealkylation sites (N-methyl/N-ethyl adjacent to an activating group) is 2. The van der Waals surface area contributed by atoms with Gasteiger partial charge in [-0.05, 0) is 26.2 Å². The Balaban J connectivity index is 2.72. The van der Waals surface area contributed by atoms with E-state index in [1.165, 1.54) is 15.6 Å². The third-order valence-electron chi connectivity index (χ3n) is 2.85. The number of sulfonamides is 1. The van der Waals surface area contributed by atoms with Crippen LogP contribution in [0.15, 0.2) is 16.3 Å². The molecule has 0 bridgehead atoms. The molecule has 0 saturated heterocycles. The van der Waals surface area contributed by atoms with Gasteiger partial charge in [-0.1, -0.05) is 13.8 Å². The summed E-state index contributed by atoms with van der Waals surface area (Å²) >= 11 is 1.34. The summed E-state index contributed by atoms with van der Waals surface area (Å²) in [6.45, 7) is 6.05. The van der Waals surface area contributed by atoms with Gasteiger partial charge in [0.1, 0.15) is 4.21 Å². The Labute approximate surface area is 126 Å². The fourth-order valence-electron chi connectivity index (χ4n) is 1.51. The Morgan fingerprint density at radius 3 is 2.40 bits per heavy atom. The van der Waals surface area contributed by atoms with Gasteiger partial charge in [0.25, 0.3) is 10.0 Å². The van der Waals surface area contributed by atoms with Crippen molar-refractivity contribution in [1.82, 2.24) is 14.5 Å². The van der Waals surface area contributed by atoms with Crippen LogP contribution in [0.1, 0.15) is 18.7 Å². The lowest BCUT2D eigenvalue weighted by Crippen LogP contribution is -2.33. The van der Waals surface area contributed by atoms with Gasteiger partial charge in [0, 0.05) is 37.6 Å². The Morgan fingerprint density at radius 2 is 1.85 bits per heavy atom. The molecule has 20 heavy (non-hydrogen) atoms. The molecule has 7 heteroatoms. The number of thiophene rings is 1. The summed E-state index contributed by atoms with van der Waals surface area (Å²) in [6.07, 6.45) is 0. The average molecular weight is 319 g/mol. The summed E-state index contributed by atoms with van der Waals surface area (Å²) in [5.74, 6) is 0. The third-order valence-corrected chi connectivity index (χ3v) is 6.26. The fraction of sp³-hybridized carbons (Fsp3) is 0.692. The highest BCUT2D eigenvalue weighted by molar-refractivity contribution is 7.91. The van der Waals surface area contributed by atoms with Gasteiger partial charge in [-0.2, -0.15) is 4.31 Å². The van der Waals surface area contributed by atoms with Crippen LogP contribution in [0.3, 0.4) is 0 Å². The van der Waals surface area contributed by atoms with Crippen molar-refractivity contribution in [3.63, 3.8) is 0 Å². The van der Waals surface area contributed by atoms with E-state index in [9.17, 15) is 8.42 Å². The minimum absolute atomic E-state index is 0.389. The Hall–Kier alpha value is -0.470. The first-order chi connectivity index (χ1) is 9.23. The second-order valence-corrected chi connectivity index (χ2v) is 8.83. The van der Waals surface area contributed by atoms with Gasteiger partial charge in [-0.3, -0.25) is 0 Å². The lowest BCUT2D eigenvalue weighted by molar-refractivity contribution is 0.359. The Morgan fingerprint density at radius 1 is 1.20 bits per heavy atom. The van der Waals surface area contributed by atoms with E-state index in [1.54, 1.807) is 13.1 Å². The summed E-state index contributed by atoms with van der Waals surface area (Å²) in [6, 6.07) is 3.97. The van der Waals surface area contributed by atoms with E-state index < -0.39 is 10.0 Å². The molecule has 1 heterocycles. The first-order valence-corrected chi connectivity index (χ1v) is 8.92. The second-order valence-electron chi connectivity index (χ2n) is 5.39. The van der Waals surface area contributed by atoms with E-state index in [0.29, 0.717) is 29.9 Å². The fourth-order valence-corrected chi connectivity index (χ4v) is 4.19. The van der Waals surface area contributed by atoms with Gasteiger partial charge in [0.2, 0.25) is 0 Å². The van der Waals surface area contributed by atoms with Gasteiger partial charge in [-0.25, -0.2) is 8.42 Å². The van der Waals surface area contributed by atoms with E-state index in [2.05, 4.69) is 19.2 Å². The zero-order valence-corrected chi connectivity index (χ0v) is 14.5. The van der Waals surface area contributed by atoms with Crippen molar-refractivity contribution >= 4 is 21.4 Å². The van der Waals surface area contributed by atoms with Crippen LogP contribution in [0.5, 0.6) is 0 Å². The van der Waals surface area contributed by atoms with Crippen LogP contribution in [0.2, 0.25) is 0 Å². The van der Waals surface area contributed by atoms with Crippen molar-refractivity contribution in [2.75, 3.05) is 34.2 Å². The van der Waals surface area contributed by atoms with Crippen LogP contribution in [-0.4, -0.2) is 57.9 Å². The standard InChI is InChI=1S/C13H25N3O2S2/c1-11(2)14-10-12-6-7-13(19-12)20(17,18)16(5)9-8-15(3)4/h6-7,11,14H,8-10H2,1-5H3. The molecule has 0 amide bonds. The van der Waals surface area contributed by atoms with Gasteiger partial charge in [0.05, 0.1) is 0 Å². The SMILES string of the molecule is CC(C)NCc1ccc(S(=O)(=O)N(C)CCN(C)C)s1. The van der Waals surface area contributed by atoms with Crippen molar-refractivity contribution in [1.29, 1.82) is 0 Å². The van der Waals surface area contributed by atoms with Crippen LogP contribution in [-0.2, 0) is 16.6 Å². The molecule has 0 aliphatic carbocycles. The lowest BCUT2D eigenvalue weighted by Gasteiger charge is -2.18. The zero-order valence-electron chi connectivity index (χ0n) is 12.9. The maximum atomic E-state index is 12.4. The molecule has 0 aliphatic heterocycles. The number of nitrogens with zero attached hydrogens (tertiary/aromatic N) is 2. The average Bonchev–Trinajstić information content (AvgIpc) is 2.82. The van der Waals surface area contributed by atoms with Crippen molar-refractivity contribution in [2.24, 2.45) is 0 Å². The first-order valence-electron chi connectivity index (χ1n) is 6.66. The largest absolute Gasteiger partial charge is 0.310 e. The molecule has 1 aromatic rings. The van der Waals surface area contributed by atoms with Crippen LogP contribution in [0.25, 0.3) is 0 Å². The normalized spacial score (nSPS) is 12.8. The highest BCUT2D eigenvalue weighted by Gasteiger charge is 2.22. The molecular formula is C13H25N3O2S2. The van der Waals surface area contributed by atoms with Crippen molar-refractivity contribution in [3.8, 4) is 0 Å². The van der Waals surface area contributed by atoms with E-state index in [1.807, 2.05) is 25.1 Å². The van der Waals surface area contributed by atoms with Crippen molar-refractivity contribution < 1.29 is 8.42 Å². The zero-order chi connectivity index (χ0) is 15.3. The quantitative estimate of drug-likeness (QED) is 0.787.